The molecule has 5 nitrogen and oxygen atoms in total. The van der Waals surface area contributed by atoms with Crippen molar-refractivity contribution in [1.82, 2.24) is 9.78 Å². The largest absolute Gasteiger partial charge is 0.416 e. The summed E-state index contributed by atoms with van der Waals surface area (Å²) in [7, 11) is 0. The third kappa shape index (κ3) is 4.11. The summed E-state index contributed by atoms with van der Waals surface area (Å²) < 4.78 is 55.0. The van der Waals surface area contributed by atoms with Crippen LogP contribution in [0, 0.1) is 5.82 Å². The first-order valence-electron chi connectivity index (χ1n) is 11.8. The van der Waals surface area contributed by atoms with Crippen LogP contribution in [0.1, 0.15) is 64.8 Å². The molecule has 1 aromatic heterocycles. The number of halogens is 4. The normalized spacial score (nSPS) is 21.4. The second-order valence-electron chi connectivity index (χ2n) is 9.62. The Labute approximate surface area is 205 Å². The maximum atomic E-state index is 13.4. The molecule has 3 N–H and O–H groups in total. The van der Waals surface area contributed by atoms with Gasteiger partial charge in [-0.3, -0.25) is 4.79 Å². The van der Waals surface area contributed by atoms with Crippen LogP contribution >= 0.6 is 0 Å². The number of aromatic nitrogens is 2. The van der Waals surface area contributed by atoms with E-state index in [0.29, 0.717) is 19.3 Å². The molecule has 2 aliphatic carbocycles. The summed E-state index contributed by atoms with van der Waals surface area (Å²) in [5.74, 6) is -1.29. The third-order valence-electron chi connectivity index (χ3n) is 7.48. The molecule has 0 saturated carbocycles. The summed E-state index contributed by atoms with van der Waals surface area (Å²) in [5.41, 5.74) is 8.17. The summed E-state index contributed by atoms with van der Waals surface area (Å²) in [5, 5.41) is 16.2. The Morgan fingerprint density at radius 2 is 1.94 bits per heavy atom. The van der Waals surface area contributed by atoms with Gasteiger partial charge in [0, 0.05) is 23.5 Å². The average molecular weight is 500 g/mol. The average Bonchev–Trinajstić information content (AvgIpc) is 3.40. The molecular formula is C27H25F4N3O2. The van der Waals surface area contributed by atoms with Crippen LogP contribution in [0.15, 0.2) is 59.8 Å². The Bertz CT molecular complexity index is 1370. The molecule has 0 radical (unpaired) electrons. The molecule has 0 fully saturated rings. The molecular weight excluding hydrogens is 474 g/mol. The molecule has 3 aromatic rings. The number of hydrogen-bond acceptors (Lipinski definition) is 3. The van der Waals surface area contributed by atoms with E-state index in [1.165, 1.54) is 12.1 Å². The van der Waals surface area contributed by atoms with E-state index in [1.54, 1.807) is 23.0 Å². The summed E-state index contributed by atoms with van der Waals surface area (Å²) in [4.78, 5) is 11.9. The number of alkyl halides is 3. The van der Waals surface area contributed by atoms with Crippen LogP contribution in [0.5, 0.6) is 0 Å². The second kappa shape index (κ2) is 8.58. The van der Waals surface area contributed by atoms with Gasteiger partial charge in [-0.1, -0.05) is 12.5 Å². The van der Waals surface area contributed by atoms with Gasteiger partial charge in [0.05, 0.1) is 28.7 Å². The van der Waals surface area contributed by atoms with E-state index in [2.05, 4.69) is 5.10 Å². The highest BCUT2D eigenvalue weighted by Crippen LogP contribution is 2.50. The first-order chi connectivity index (χ1) is 17.0. The molecule has 9 heteroatoms. The Hall–Kier alpha value is -3.46. The molecule has 1 amide bonds. The zero-order chi connectivity index (χ0) is 25.8. The zero-order valence-electron chi connectivity index (χ0n) is 19.6. The maximum Gasteiger partial charge on any atom is 0.416 e. The number of amides is 1. The lowest BCUT2D eigenvalue weighted by Crippen LogP contribution is -2.33. The van der Waals surface area contributed by atoms with Crippen LogP contribution in [0.3, 0.4) is 0 Å². The van der Waals surface area contributed by atoms with Crippen LogP contribution in [-0.4, -0.2) is 26.4 Å². The van der Waals surface area contributed by atoms with E-state index in [-0.39, 0.29) is 35.7 Å². The molecule has 2 aliphatic rings. The number of benzene rings is 2. The smallest absolute Gasteiger partial charge is 0.385 e. The minimum atomic E-state index is -4.55. The van der Waals surface area contributed by atoms with E-state index >= 15 is 0 Å². The highest BCUT2D eigenvalue weighted by atomic mass is 19.4. The predicted octanol–water partition coefficient (Wildman–Crippen LogP) is 5.24. The number of fused-ring (bicyclic) bond motifs is 1. The van der Waals surface area contributed by atoms with Gasteiger partial charge in [0.1, 0.15) is 5.82 Å². The first kappa shape index (κ1) is 24.2. The van der Waals surface area contributed by atoms with Crippen LogP contribution in [-0.2, 0) is 19.0 Å². The zero-order valence-corrected chi connectivity index (χ0v) is 19.6. The van der Waals surface area contributed by atoms with Crippen molar-refractivity contribution in [1.29, 1.82) is 0 Å². The number of hydrogen-bond donors (Lipinski definition) is 2. The van der Waals surface area contributed by atoms with Gasteiger partial charge < -0.3 is 10.8 Å². The topological polar surface area (TPSA) is 81.1 Å². The van der Waals surface area contributed by atoms with Gasteiger partial charge >= 0.3 is 6.18 Å². The number of allylic oxidation sites excluding steroid dienone is 1. The van der Waals surface area contributed by atoms with Crippen molar-refractivity contribution in [2.45, 2.75) is 56.7 Å². The summed E-state index contributed by atoms with van der Waals surface area (Å²) in [6.45, 7) is 1.99. The minimum Gasteiger partial charge on any atom is -0.385 e. The highest BCUT2D eigenvalue weighted by molar-refractivity contribution is 5.94. The summed E-state index contributed by atoms with van der Waals surface area (Å²) in [6, 6.07) is 8.97. The lowest BCUT2D eigenvalue weighted by molar-refractivity contribution is -0.137. The number of aliphatic hydroxyl groups is 1. The summed E-state index contributed by atoms with van der Waals surface area (Å²) in [6.07, 6.45) is -0.891. The van der Waals surface area contributed by atoms with Crippen molar-refractivity contribution in [2.75, 3.05) is 0 Å². The molecule has 1 heterocycles. The van der Waals surface area contributed by atoms with E-state index in [1.807, 2.05) is 6.92 Å². The molecule has 36 heavy (non-hydrogen) atoms. The number of nitrogens with two attached hydrogens (primary N) is 1. The highest BCUT2D eigenvalue weighted by Gasteiger charge is 2.45. The van der Waals surface area contributed by atoms with Gasteiger partial charge in [0.2, 0.25) is 5.91 Å². The molecule has 2 unspecified atom stereocenters. The number of primary amides is 1. The summed E-state index contributed by atoms with van der Waals surface area (Å²) >= 11 is 0. The van der Waals surface area contributed by atoms with Gasteiger partial charge in [-0.2, -0.15) is 18.3 Å². The number of nitrogens with zero attached hydrogens (tertiary/aromatic N) is 2. The van der Waals surface area contributed by atoms with Gasteiger partial charge in [0.15, 0.2) is 0 Å². The third-order valence-corrected chi connectivity index (χ3v) is 7.48. The van der Waals surface area contributed by atoms with Gasteiger partial charge in [-0.15, -0.1) is 0 Å². The lowest BCUT2D eigenvalue weighted by Gasteiger charge is -2.33. The number of carbonyl (C=O) groups excluding carboxylic acids is 1. The van der Waals surface area contributed by atoms with Gasteiger partial charge in [0.25, 0.3) is 0 Å². The molecule has 5 rings (SSSR count). The monoisotopic (exact) mass is 499 g/mol. The van der Waals surface area contributed by atoms with Crippen LogP contribution < -0.4 is 5.73 Å². The fourth-order valence-electron chi connectivity index (χ4n) is 5.75. The van der Waals surface area contributed by atoms with E-state index in [4.69, 9.17) is 5.73 Å². The van der Waals surface area contributed by atoms with Gasteiger partial charge in [-0.05, 0) is 79.3 Å². The van der Waals surface area contributed by atoms with Crippen molar-refractivity contribution in [2.24, 2.45) is 5.73 Å². The first-order valence-corrected chi connectivity index (χ1v) is 11.8. The van der Waals surface area contributed by atoms with Gasteiger partial charge in [-0.25, -0.2) is 9.07 Å². The van der Waals surface area contributed by atoms with Crippen molar-refractivity contribution in [3.8, 4) is 5.69 Å². The quantitative estimate of drug-likeness (QED) is 0.372. The van der Waals surface area contributed by atoms with Crippen LogP contribution in [0.25, 0.3) is 5.69 Å². The fraction of sp³-hybridized carbons (Fsp3) is 0.333. The van der Waals surface area contributed by atoms with Crippen LogP contribution in [0.4, 0.5) is 17.6 Å². The van der Waals surface area contributed by atoms with Crippen molar-refractivity contribution >= 4 is 5.91 Å². The molecule has 0 saturated heterocycles. The maximum absolute atomic E-state index is 13.4. The molecule has 0 bridgehead atoms. The fourth-order valence-corrected chi connectivity index (χ4v) is 5.75. The van der Waals surface area contributed by atoms with E-state index in [0.717, 1.165) is 46.3 Å². The standard InChI is InChI=1S/C27H25F4N3O2/c1-15-22-14-33-34(20-5-3-19(28)4-6-20)23(22)13-17-9-11-26(36,24(15)17)10-8-16-12-18(27(29,30)31)2-7-21(16)25(32)35/h2-7,12,14-15,36H,8-11,13H2,1H3,(H2,32,35). The molecule has 0 spiro atoms. The number of aryl methyl sites for hydroxylation is 1. The minimum absolute atomic E-state index is 0.0263. The predicted molar refractivity (Wildman–Crippen MR) is 125 cm³/mol. The van der Waals surface area contributed by atoms with Crippen molar-refractivity contribution in [3.63, 3.8) is 0 Å². The SMILES string of the molecule is CC1C2=C(CCC2(O)CCc2cc(C(F)(F)F)ccc2C(N)=O)Cc2c1cnn2-c1ccc(F)cc1. The Balaban J connectivity index is 1.43. The van der Waals surface area contributed by atoms with Crippen LogP contribution in [0.2, 0.25) is 0 Å². The van der Waals surface area contributed by atoms with Crippen molar-refractivity contribution in [3.05, 3.63) is 93.6 Å². The molecule has 2 atom stereocenters. The Morgan fingerprint density at radius 3 is 2.61 bits per heavy atom. The Morgan fingerprint density at radius 1 is 1.22 bits per heavy atom. The molecule has 2 aromatic carbocycles. The lowest BCUT2D eigenvalue weighted by atomic mass is 9.76. The number of carbonyl (C=O) groups is 1. The second-order valence-corrected chi connectivity index (χ2v) is 9.62. The number of rotatable bonds is 5. The van der Waals surface area contributed by atoms with E-state index in [9.17, 15) is 27.5 Å². The Kier molecular flexibility index (Phi) is 5.78. The molecule has 0 aliphatic heterocycles. The van der Waals surface area contributed by atoms with E-state index < -0.39 is 23.2 Å². The van der Waals surface area contributed by atoms with Crippen molar-refractivity contribution < 1.29 is 27.5 Å². The molecule has 188 valence electrons.